The highest BCUT2D eigenvalue weighted by atomic mass is 35.5. The molecular weight excluding hydrogens is 346 g/mol. The van der Waals surface area contributed by atoms with E-state index >= 15 is 0 Å². The largest absolute Gasteiger partial charge is 0.480 e. The first-order valence-corrected chi connectivity index (χ1v) is 8.15. The number of piperidine rings is 1. The number of nitrogens with zero attached hydrogens (tertiary/aromatic N) is 2. The Kier molecular flexibility index (Phi) is 6.39. The lowest BCUT2D eigenvalue weighted by Crippen LogP contribution is -2.48. The molecule has 1 atom stereocenters. The number of carbonyl (C=O) groups excluding carboxylic acids is 2. The Hall–Kier alpha value is -2.12. The van der Waals surface area contributed by atoms with E-state index in [-0.39, 0.29) is 36.7 Å². The fourth-order valence-corrected chi connectivity index (χ4v) is 3.28. The number of amides is 2. The van der Waals surface area contributed by atoms with Gasteiger partial charge < -0.3 is 10.0 Å². The average Bonchev–Trinajstić information content (AvgIpc) is 2.55. The van der Waals surface area contributed by atoms with Crippen LogP contribution in [0.2, 0.25) is 0 Å². The molecule has 2 fully saturated rings. The van der Waals surface area contributed by atoms with Crippen LogP contribution in [0.15, 0.2) is 24.3 Å². The van der Waals surface area contributed by atoms with Gasteiger partial charge in [0, 0.05) is 38.3 Å². The minimum Gasteiger partial charge on any atom is -0.480 e. The summed E-state index contributed by atoms with van der Waals surface area (Å²) in [6.07, 6.45) is 0.932. The molecule has 3 rings (SSSR count). The second-order valence-electron chi connectivity index (χ2n) is 6.25. The van der Waals surface area contributed by atoms with E-state index in [0.29, 0.717) is 12.8 Å². The van der Waals surface area contributed by atoms with E-state index in [0.717, 1.165) is 37.4 Å². The molecule has 2 aliphatic heterocycles. The average molecular weight is 368 g/mol. The molecule has 25 heavy (non-hydrogen) atoms. The number of hydrogen-bond donors (Lipinski definition) is 2. The van der Waals surface area contributed by atoms with Gasteiger partial charge in [0.1, 0.15) is 0 Å². The number of aliphatic carboxylic acids is 1. The van der Waals surface area contributed by atoms with Crippen LogP contribution in [0.1, 0.15) is 24.3 Å². The molecule has 1 unspecified atom stereocenters. The monoisotopic (exact) mass is 367 g/mol. The Morgan fingerprint density at radius 2 is 1.76 bits per heavy atom. The number of carbonyl (C=O) groups is 3. The maximum atomic E-state index is 11.9. The van der Waals surface area contributed by atoms with Gasteiger partial charge in [0.2, 0.25) is 11.8 Å². The van der Waals surface area contributed by atoms with Gasteiger partial charge in [-0.1, -0.05) is 12.1 Å². The van der Waals surface area contributed by atoms with Crippen molar-refractivity contribution in [2.24, 2.45) is 0 Å². The Morgan fingerprint density at radius 3 is 2.32 bits per heavy atom. The highest BCUT2D eigenvalue weighted by molar-refractivity contribution is 6.00. The van der Waals surface area contributed by atoms with Crippen LogP contribution in [0.3, 0.4) is 0 Å². The third-order valence-electron chi connectivity index (χ3n) is 4.63. The fourth-order valence-electron chi connectivity index (χ4n) is 3.28. The van der Waals surface area contributed by atoms with Crippen molar-refractivity contribution in [3.05, 3.63) is 29.8 Å². The van der Waals surface area contributed by atoms with E-state index in [1.807, 2.05) is 29.2 Å². The molecule has 2 aliphatic rings. The smallest absolute Gasteiger partial charge is 0.317 e. The standard InChI is InChI=1S/C17H21N3O4.ClH/c21-15-6-5-14(17(24)18-15)12-1-3-13(4-2-12)20-9-7-19(8-10-20)11-16(22)23;/h1-4,14H,5-11H2,(H,22,23)(H,18,21,24);1H. The molecule has 2 heterocycles. The lowest BCUT2D eigenvalue weighted by atomic mass is 9.90. The Morgan fingerprint density at radius 1 is 1.12 bits per heavy atom. The van der Waals surface area contributed by atoms with Crippen LogP contribution < -0.4 is 10.2 Å². The van der Waals surface area contributed by atoms with Gasteiger partial charge in [0.05, 0.1) is 12.5 Å². The van der Waals surface area contributed by atoms with Gasteiger partial charge in [-0.15, -0.1) is 12.4 Å². The molecule has 0 radical (unpaired) electrons. The van der Waals surface area contributed by atoms with Gasteiger partial charge in [-0.3, -0.25) is 24.6 Å². The van der Waals surface area contributed by atoms with Gasteiger partial charge in [0.15, 0.2) is 0 Å². The number of carboxylic acid groups (broad SMARTS) is 1. The summed E-state index contributed by atoms with van der Waals surface area (Å²) in [5, 5.41) is 11.2. The van der Waals surface area contributed by atoms with Crippen molar-refractivity contribution in [1.82, 2.24) is 10.2 Å². The lowest BCUT2D eigenvalue weighted by Gasteiger charge is -2.35. The van der Waals surface area contributed by atoms with Crippen LogP contribution in [0.25, 0.3) is 0 Å². The Balaban J connectivity index is 0.00000225. The summed E-state index contributed by atoms with van der Waals surface area (Å²) < 4.78 is 0. The quantitative estimate of drug-likeness (QED) is 0.766. The number of benzene rings is 1. The zero-order chi connectivity index (χ0) is 17.1. The Bertz CT molecular complexity index is 642. The van der Waals surface area contributed by atoms with Crippen LogP contribution >= 0.6 is 12.4 Å². The molecule has 0 saturated carbocycles. The van der Waals surface area contributed by atoms with Crippen LogP contribution in [-0.4, -0.2) is 60.5 Å². The molecule has 2 saturated heterocycles. The van der Waals surface area contributed by atoms with E-state index in [4.69, 9.17) is 5.11 Å². The number of carboxylic acids is 1. The highest BCUT2D eigenvalue weighted by Crippen LogP contribution is 2.27. The lowest BCUT2D eigenvalue weighted by molar-refractivity contribution is -0.138. The van der Waals surface area contributed by atoms with Gasteiger partial charge in [-0.2, -0.15) is 0 Å². The van der Waals surface area contributed by atoms with Crippen molar-refractivity contribution in [3.63, 3.8) is 0 Å². The maximum Gasteiger partial charge on any atom is 0.317 e. The third kappa shape index (κ3) is 4.70. The van der Waals surface area contributed by atoms with Crippen LogP contribution in [0.4, 0.5) is 5.69 Å². The van der Waals surface area contributed by atoms with Gasteiger partial charge >= 0.3 is 5.97 Å². The maximum absolute atomic E-state index is 11.9. The van der Waals surface area contributed by atoms with E-state index in [9.17, 15) is 14.4 Å². The fraction of sp³-hybridized carbons (Fsp3) is 0.471. The van der Waals surface area contributed by atoms with Crippen molar-refractivity contribution in [2.75, 3.05) is 37.6 Å². The first kappa shape index (κ1) is 19.2. The summed E-state index contributed by atoms with van der Waals surface area (Å²) in [5.74, 6) is -1.48. The van der Waals surface area contributed by atoms with Gasteiger partial charge in [0.25, 0.3) is 0 Å². The van der Waals surface area contributed by atoms with Crippen LogP contribution in [0, 0.1) is 0 Å². The molecule has 2 N–H and O–H groups in total. The number of anilines is 1. The molecule has 0 spiro atoms. The van der Waals surface area contributed by atoms with Gasteiger partial charge in [-0.25, -0.2) is 0 Å². The molecule has 8 heteroatoms. The van der Waals surface area contributed by atoms with Gasteiger partial charge in [-0.05, 0) is 24.1 Å². The highest BCUT2D eigenvalue weighted by Gasteiger charge is 2.28. The number of imide groups is 1. The normalized spacial score (nSPS) is 21.4. The summed E-state index contributed by atoms with van der Waals surface area (Å²) in [5.41, 5.74) is 1.99. The minimum atomic E-state index is -0.794. The van der Waals surface area contributed by atoms with E-state index < -0.39 is 5.97 Å². The topological polar surface area (TPSA) is 89.9 Å². The van der Waals surface area contributed by atoms with E-state index in [1.54, 1.807) is 0 Å². The number of piperazine rings is 1. The second-order valence-corrected chi connectivity index (χ2v) is 6.25. The first-order chi connectivity index (χ1) is 11.5. The van der Waals surface area contributed by atoms with Crippen molar-refractivity contribution < 1.29 is 19.5 Å². The summed E-state index contributed by atoms with van der Waals surface area (Å²) >= 11 is 0. The van der Waals surface area contributed by atoms with Crippen molar-refractivity contribution in [3.8, 4) is 0 Å². The zero-order valence-electron chi connectivity index (χ0n) is 13.8. The van der Waals surface area contributed by atoms with Crippen molar-refractivity contribution >= 4 is 35.9 Å². The van der Waals surface area contributed by atoms with E-state index in [1.165, 1.54) is 0 Å². The summed E-state index contributed by atoms with van der Waals surface area (Å²) in [7, 11) is 0. The minimum absolute atomic E-state index is 0. The summed E-state index contributed by atoms with van der Waals surface area (Å²) in [4.78, 5) is 38.0. The second kappa shape index (κ2) is 8.31. The molecule has 1 aromatic rings. The summed E-state index contributed by atoms with van der Waals surface area (Å²) in [6.45, 7) is 3.10. The molecule has 7 nitrogen and oxygen atoms in total. The number of halogens is 1. The third-order valence-corrected chi connectivity index (χ3v) is 4.63. The van der Waals surface area contributed by atoms with E-state index in [2.05, 4.69) is 10.2 Å². The number of rotatable bonds is 4. The van der Waals surface area contributed by atoms with Crippen molar-refractivity contribution in [2.45, 2.75) is 18.8 Å². The predicted octanol–water partition coefficient (Wildman–Crippen LogP) is 0.835. The molecule has 1 aromatic carbocycles. The molecule has 0 aliphatic carbocycles. The first-order valence-electron chi connectivity index (χ1n) is 8.15. The zero-order valence-corrected chi connectivity index (χ0v) is 14.6. The predicted molar refractivity (Wildman–Crippen MR) is 95.1 cm³/mol. The Labute approximate surface area is 152 Å². The van der Waals surface area contributed by atoms with Crippen LogP contribution in [0.5, 0.6) is 0 Å². The summed E-state index contributed by atoms with van der Waals surface area (Å²) in [6, 6.07) is 7.87. The number of nitrogens with one attached hydrogen (secondary N) is 1. The molecule has 0 bridgehead atoms. The van der Waals surface area contributed by atoms with Crippen molar-refractivity contribution in [1.29, 1.82) is 0 Å². The molecule has 2 amide bonds. The SMILES string of the molecule is Cl.O=C(O)CN1CCN(c2ccc(C3CCC(=O)NC3=O)cc2)CC1. The molecule has 0 aromatic heterocycles. The molecule has 136 valence electrons. The van der Waals surface area contributed by atoms with Crippen LogP contribution in [-0.2, 0) is 14.4 Å². The molecular formula is C17H22ClN3O4. The number of hydrogen-bond acceptors (Lipinski definition) is 5.